The largest absolute Gasteiger partial charge is 0.397 e. The van der Waals surface area contributed by atoms with Crippen LogP contribution in [0.5, 0.6) is 0 Å². The molecule has 0 spiro atoms. The van der Waals surface area contributed by atoms with Gasteiger partial charge in [-0.05, 0) is 71.2 Å². The Bertz CT molecular complexity index is 807. The lowest BCUT2D eigenvalue weighted by molar-refractivity contribution is 0.601. The molecule has 0 aliphatic rings. The highest BCUT2D eigenvalue weighted by Crippen LogP contribution is 2.29. The average molecular weight is 390 g/mol. The molecule has 0 heterocycles. The lowest BCUT2D eigenvalue weighted by Gasteiger charge is -2.13. The summed E-state index contributed by atoms with van der Waals surface area (Å²) in [6, 6.07) is 7.86. The van der Waals surface area contributed by atoms with Crippen LogP contribution in [-0.4, -0.2) is 8.42 Å². The Morgan fingerprint density at radius 3 is 2.38 bits per heavy atom. The molecule has 0 aromatic heterocycles. The maximum absolute atomic E-state index is 12.4. The summed E-state index contributed by atoms with van der Waals surface area (Å²) >= 11 is 9.08. The third-order valence-corrected chi connectivity index (χ3v) is 5.69. The molecule has 0 amide bonds. The summed E-state index contributed by atoms with van der Waals surface area (Å²) in [4.78, 5) is 0.108. The topological polar surface area (TPSA) is 72.2 Å². The number of hydrogen-bond acceptors (Lipinski definition) is 3. The van der Waals surface area contributed by atoms with Crippen LogP contribution in [0, 0.1) is 13.8 Å². The summed E-state index contributed by atoms with van der Waals surface area (Å²) in [5.41, 5.74) is 8.58. The normalized spacial score (nSPS) is 11.4. The van der Waals surface area contributed by atoms with E-state index in [1.807, 2.05) is 13.8 Å². The van der Waals surface area contributed by atoms with Crippen molar-refractivity contribution in [2.75, 3.05) is 10.5 Å². The first-order chi connectivity index (χ1) is 9.70. The summed E-state index contributed by atoms with van der Waals surface area (Å²) in [5.74, 6) is 0. The Morgan fingerprint density at radius 2 is 1.76 bits per heavy atom. The van der Waals surface area contributed by atoms with Gasteiger partial charge < -0.3 is 5.73 Å². The van der Waals surface area contributed by atoms with Gasteiger partial charge in [0, 0.05) is 4.47 Å². The monoisotopic (exact) mass is 388 g/mol. The predicted octanol–water partition coefficient (Wildman–Crippen LogP) is 4.10. The van der Waals surface area contributed by atoms with Gasteiger partial charge in [-0.2, -0.15) is 0 Å². The second-order valence-corrected chi connectivity index (χ2v) is 7.65. The summed E-state index contributed by atoms with van der Waals surface area (Å²) in [5, 5.41) is 0.444. The van der Waals surface area contributed by atoms with Gasteiger partial charge in [0.15, 0.2) is 0 Å². The fraction of sp³-hybridized carbons (Fsp3) is 0.143. The lowest BCUT2D eigenvalue weighted by Crippen LogP contribution is -2.14. The van der Waals surface area contributed by atoms with Crippen LogP contribution >= 0.6 is 27.5 Å². The van der Waals surface area contributed by atoms with E-state index in [0.717, 1.165) is 11.1 Å². The number of sulfonamides is 1. The van der Waals surface area contributed by atoms with E-state index in [1.165, 1.54) is 18.2 Å². The molecule has 4 nitrogen and oxygen atoms in total. The molecule has 0 aliphatic heterocycles. The molecule has 0 bridgehead atoms. The summed E-state index contributed by atoms with van der Waals surface area (Å²) in [7, 11) is -3.72. The number of rotatable bonds is 3. The Morgan fingerprint density at radius 1 is 1.14 bits per heavy atom. The number of aryl methyl sites for hydroxylation is 2. The third-order valence-electron chi connectivity index (χ3n) is 3.11. The van der Waals surface area contributed by atoms with Crippen LogP contribution in [0.3, 0.4) is 0 Å². The second-order valence-electron chi connectivity index (χ2n) is 4.71. The van der Waals surface area contributed by atoms with Crippen LogP contribution in [0.2, 0.25) is 5.02 Å². The third kappa shape index (κ3) is 3.51. The maximum atomic E-state index is 12.4. The molecule has 0 saturated carbocycles. The van der Waals surface area contributed by atoms with E-state index in [0.29, 0.717) is 20.9 Å². The molecule has 2 rings (SSSR count). The number of nitrogens with one attached hydrogen (secondary N) is 1. The minimum atomic E-state index is -3.72. The fourth-order valence-corrected chi connectivity index (χ4v) is 3.53. The van der Waals surface area contributed by atoms with Gasteiger partial charge in [0.05, 0.1) is 21.3 Å². The highest BCUT2D eigenvalue weighted by atomic mass is 79.9. The van der Waals surface area contributed by atoms with Crippen LogP contribution in [0.1, 0.15) is 11.1 Å². The van der Waals surface area contributed by atoms with E-state index in [2.05, 4.69) is 20.7 Å². The van der Waals surface area contributed by atoms with Crippen LogP contribution in [-0.2, 0) is 10.0 Å². The van der Waals surface area contributed by atoms with Crippen molar-refractivity contribution in [2.45, 2.75) is 18.7 Å². The van der Waals surface area contributed by atoms with Crippen molar-refractivity contribution in [3.63, 3.8) is 0 Å². The van der Waals surface area contributed by atoms with Crippen LogP contribution in [0.4, 0.5) is 11.4 Å². The Hall–Kier alpha value is -1.24. The van der Waals surface area contributed by atoms with Gasteiger partial charge in [-0.25, -0.2) is 8.42 Å². The van der Waals surface area contributed by atoms with Crippen LogP contribution in [0.25, 0.3) is 0 Å². The Balaban J connectivity index is 2.42. The van der Waals surface area contributed by atoms with Gasteiger partial charge in [0.2, 0.25) is 0 Å². The van der Waals surface area contributed by atoms with Crippen LogP contribution < -0.4 is 10.5 Å². The smallest absolute Gasteiger partial charge is 0.262 e. The van der Waals surface area contributed by atoms with Gasteiger partial charge in [0.25, 0.3) is 10.0 Å². The zero-order valence-corrected chi connectivity index (χ0v) is 14.6. The van der Waals surface area contributed by atoms with Gasteiger partial charge in [-0.3, -0.25) is 4.72 Å². The van der Waals surface area contributed by atoms with Gasteiger partial charge in [-0.15, -0.1) is 0 Å². The molecule has 2 aromatic carbocycles. The fourth-order valence-electron chi connectivity index (χ4n) is 1.77. The quantitative estimate of drug-likeness (QED) is 0.776. The molecule has 7 heteroatoms. The molecule has 0 atom stereocenters. The van der Waals surface area contributed by atoms with E-state index in [4.69, 9.17) is 17.3 Å². The first kappa shape index (κ1) is 16.1. The molecule has 112 valence electrons. The zero-order chi connectivity index (χ0) is 15.8. The second kappa shape index (κ2) is 5.87. The van der Waals surface area contributed by atoms with Crippen molar-refractivity contribution in [1.29, 1.82) is 0 Å². The lowest BCUT2D eigenvalue weighted by atomic mass is 10.1. The maximum Gasteiger partial charge on any atom is 0.262 e. The Kier molecular flexibility index (Phi) is 4.51. The number of halogens is 2. The number of nitrogen functional groups attached to an aromatic ring is 1. The molecule has 2 aromatic rings. The van der Waals surface area contributed by atoms with Crippen LogP contribution in [0.15, 0.2) is 39.7 Å². The van der Waals surface area contributed by atoms with E-state index in [9.17, 15) is 8.42 Å². The molecule has 0 radical (unpaired) electrons. The first-order valence-corrected chi connectivity index (χ1v) is 8.71. The van der Waals surface area contributed by atoms with Crippen molar-refractivity contribution in [2.24, 2.45) is 0 Å². The number of benzene rings is 2. The first-order valence-electron chi connectivity index (χ1n) is 6.05. The summed E-state index contributed by atoms with van der Waals surface area (Å²) in [6.45, 7) is 3.81. The molecular formula is C14H14BrClN2O2S. The van der Waals surface area contributed by atoms with Crippen molar-refractivity contribution in [1.82, 2.24) is 0 Å². The molecule has 3 N–H and O–H groups in total. The average Bonchev–Trinajstić information content (AvgIpc) is 2.39. The van der Waals surface area contributed by atoms with Crippen molar-refractivity contribution in [3.8, 4) is 0 Å². The van der Waals surface area contributed by atoms with E-state index in [-0.39, 0.29) is 4.90 Å². The molecule has 0 aliphatic carbocycles. The standard InChI is InChI=1S/C14H14BrClN2O2S/c1-8-5-13(17)14(6-9(8)2)18-21(19,20)10-3-4-12(16)11(15)7-10/h3-7,18H,17H2,1-2H3. The summed E-state index contributed by atoms with van der Waals surface area (Å²) < 4.78 is 27.8. The molecule has 0 unspecified atom stereocenters. The number of hydrogen-bond donors (Lipinski definition) is 2. The molecule has 0 fully saturated rings. The van der Waals surface area contributed by atoms with E-state index < -0.39 is 10.0 Å². The van der Waals surface area contributed by atoms with Gasteiger partial charge in [0.1, 0.15) is 0 Å². The van der Waals surface area contributed by atoms with Crippen molar-refractivity contribution >= 4 is 48.9 Å². The SMILES string of the molecule is Cc1cc(N)c(NS(=O)(=O)c2ccc(Cl)c(Br)c2)cc1C. The van der Waals surface area contributed by atoms with Crippen molar-refractivity contribution < 1.29 is 8.42 Å². The molecular weight excluding hydrogens is 376 g/mol. The number of anilines is 2. The highest BCUT2D eigenvalue weighted by molar-refractivity contribution is 9.10. The van der Waals surface area contributed by atoms with E-state index >= 15 is 0 Å². The van der Waals surface area contributed by atoms with Gasteiger partial charge in [-0.1, -0.05) is 11.6 Å². The minimum Gasteiger partial charge on any atom is -0.397 e. The van der Waals surface area contributed by atoms with E-state index in [1.54, 1.807) is 12.1 Å². The molecule has 21 heavy (non-hydrogen) atoms. The van der Waals surface area contributed by atoms with Gasteiger partial charge >= 0.3 is 0 Å². The highest BCUT2D eigenvalue weighted by Gasteiger charge is 2.17. The van der Waals surface area contributed by atoms with Crippen molar-refractivity contribution in [3.05, 3.63) is 51.0 Å². The molecule has 0 saturated heterocycles. The minimum absolute atomic E-state index is 0.108. The number of nitrogens with two attached hydrogens (primary N) is 1. The predicted molar refractivity (Wildman–Crippen MR) is 90.3 cm³/mol. The zero-order valence-electron chi connectivity index (χ0n) is 11.4. The Labute approximate surface area is 137 Å². The summed E-state index contributed by atoms with van der Waals surface area (Å²) in [6.07, 6.45) is 0.